The molecule has 4 rings (SSSR count). The number of hydrogen-bond donors (Lipinski definition) is 2. The maximum atomic E-state index is 9.05. The van der Waals surface area contributed by atoms with Crippen LogP contribution in [0.3, 0.4) is 0 Å². The fourth-order valence-electron chi connectivity index (χ4n) is 3.23. The van der Waals surface area contributed by atoms with E-state index in [0.29, 0.717) is 29.5 Å². The second-order valence-electron chi connectivity index (χ2n) is 6.94. The molecule has 1 aliphatic rings. The number of nitrogens with two attached hydrogens (primary N) is 2. The van der Waals surface area contributed by atoms with Crippen molar-refractivity contribution in [3.8, 4) is 6.07 Å². The molecular weight excluding hydrogens is 378 g/mol. The van der Waals surface area contributed by atoms with E-state index in [2.05, 4.69) is 33.2 Å². The Kier molecular flexibility index (Phi) is 5.44. The lowest BCUT2D eigenvalue weighted by atomic mass is 10.1. The molecule has 0 radical (unpaired) electrons. The molecule has 0 saturated carbocycles. The van der Waals surface area contributed by atoms with Crippen molar-refractivity contribution >= 4 is 29.0 Å². The molecule has 0 spiro atoms. The first-order valence-corrected chi connectivity index (χ1v) is 9.55. The predicted molar refractivity (Wildman–Crippen MR) is 116 cm³/mol. The number of nitrogen functional groups attached to an aromatic ring is 1. The van der Waals surface area contributed by atoms with E-state index in [1.165, 1.54) is 5.56 Å². The highest BCUT2D eigenvalue weighted by atomic mass is 16.5. The van der Waals surface area contributed by atoms with Crippen molar-refractivity contribution in [1.82, 2.24) is 9.97 Å². The second-order valence-corrected chi connectivity index (χ2v) is 6.94. The summed E-state index contributed by atoms with van der Waals surface area (Å²) in [5.41, 5.74) is 14.5. The number of rotatable bonds is 6. The van der Waals surface area contributed by atoms with Gasteiger partial charge in [-0.1, -0.05) is 12.1 Å². The maximum Gasteiger partial charge on any atom is 0.282 e. The number of pyridine rings is 2. The van der Waals surface area contributed by atoms with Crippen molar-refractivity contribution in [2.24, 2.45) is 10.7 Å². The highest BCUT2D eigenvalue weighted by molar-refractivity contribution is 5.73. The number of anilines is 4. The van der Waals surface area contributed by atoms with Gasteiger partial charge in [0.2, 0.25) is 0 Å². The minimum atomic E-state index is 0.114. The summed E-state index contributed by atoms with van der Waals surface area (Å²) in [6.07, 6.45) is 4.90. The van der Waals surface area contributed by atoms with Gasteiger partial charge in [0.15, 0.2) is 0 Å². The van der Waals surface area contributed by atoms with E-state index in [-0.39, 0.29) is 12.1 Å². The molecule has 1 atom stereocenters. The van der Waals surface area contributed by atoms with Crippen LogP contribution in [0.25, 0.3) is 0 Å². The van der Waals surface area contributed by atoms with Gasteiger partial charge in [0.25, 0.3) is 6.02 Å². The largest absolute Gasteiger partial charge is 0.463 e. The van der Waals surface area contributed by atoms with Gasteiger partial charge >= 0.3 is 0 Å². The Morgan fingerprint density at radius 3 is 2.30 bits per heavy atom. The molecule has 0 unspecified atom stereocenters. The van der Waals surface area contributed by atoms with E-state index in [1.807, 2.05) is 23.1 Å². The molecule has 4 N–H and O–H groups in total. The predicted octanol–water partition coefficient (Wildman–Crippen LogP) is 3.05. The summed E-state index contributed by atoms with van der Waals surface area (Å²) in [6, 6.07) is 17.8. The van der Waals surface area contributed by atoms with Crippen LogP contribution in [-0.2, 0) is 11.2 Å². The Labute approximate surface area is 174 Å². The van der Waals surface area contributed by atoms with Crippen LogP contribution >= 0.6 is 0 Å². The molecular formula is C22H21N7O. The van der Waals surface area contributed by atoms with Gasteiger partial charge in [-0.15, -0.1) is 0 Å². The van der Waals surface area contributed by atoms with Gasteiger partial charge in [-0.2, -0.15) is 5.26 Å². The summed E-state index contributed by atoms with van der Waals surface area (Å²) < 4.78 is 5.21. The zero-order chi connectivity index (χ0) is 20.9. The van der Waals surface area contributed by atoms with Gasteiger partial charge in [0.1, 0.15) is 24.3 Å². The average molecular weight is 399 g/mol. The van der Waals surface area contributed by atoms with Crippen LogP contribution in [0.2, 0.25) is 0 Å². The van der Waals surface area contributed by atoms with Crippen LogP contribution < -0.4 is 16.4 Å². The van der Waals surface area contributed by atoms with Crippen LogP contribution in [0.1, 0.15) is 17.5 Å². The van der Waals surface area contributed by atoms with Gasteiger partial charge < -0.3 is 16.2 Å². The molecule has 3 aromatic rings. The van der Waals surface area contributed by atoms with E-state index in [1.54, 1.807) is 30.6 Å². The number of amidine groups is 1. The SMILES string of the molecule is N#Cc1ccc(N(c2ccc(CC[C@H]3COC(N)=N3)cc2)c2ccc(N)cn2)nc1. The molecule has 8 nitrogen and oxygen atoms in total. The smallest absolute Gasteiger partial charge is 0.282 e. The quantitative estimate of drug-likeness (QED) is 0.652. The molecule has 0 saturated heterocycles. The van der Waals surface area contributed by atoms with Crippen molar-refractivity contribution in [3.05, 3.63) is 72.1 Å². The van der Waals surface area contributed by atoms with Crippen molar-refractivity contribution in [2.75, 3.05) is 17.2 Å². The van der Waals surface area contributed by atoms with Crippen LogP contribution in [-0.4, -0.2) is 28.6 Å². The third-order valence-electron chi connectivity index (χ3n) is 4.80. The lowest BCUT2D eigenvalue weighted by Gasteiger charge is -2.23. The Hall–Kier alpha value is -4.12. The minimum Gasteiger partial charge on any atom is -0.463 e. The van der Waals surface area contributed by atoms with E-state index in [0.717, 1.165) is 18.5 Å². The fraction of sp³-hybridized carbons (Fsp3) is 0.182. The molecule has 2 aromatic heterocycles. The summed E-state index contributed by atoms with van der Waals surface area (Å²) >= 11 is 0. The number of aliphatic imine (C=N–C) groups is 1. The first-order chi connectivity index (χ1) is 14.6. The first kappa shape index (κ1) is 19.2. The van der Waals surface area contributed by atoms with Gasteiger partial charge in [0, 0.05) is 11.9 Å². The Balaban J connectivity index is 1.58. The highest BCUT2D eigenvalue weighted by Gasteiger charge is 2.17. The molecule has 1 aliphatic heterocycles. The Morgan fingerprint density at radius 1 is 1.00 bits per heavy atom. The van der Waals surface area contributed by atoms with Gasteiger partial charge in [-0.05, 0) is 54.8 Å². The maximum absolute atomic E-state index is 9.05. The van der Waals surface area contributed by atoms with Crippen molar-refractivity contribution < 1.29 is 4.74 Å². The van der Waals surface area contributed by atoms with E-state index in [9.17, 15) is 0 Å². The topological polar surface area (TPSA) is 126 Å². The van der Waals surface area contributed by atoms with Gasteiger partial charge in [0.05, 0.1) is 23.5 Å². The number of nitrogens with zero attached hydrogens (tertiary/aromatic N) is 5. The Morgan fingerprint density at radius 2 is 1.73 bits per heavy atom. The summed E-state index contributed by atoms with van der Waals surface area (Å²) in [4.78, 5) is 15.1. The molecule has 0 bridgehead atoms. The normalized spacial score (nSPS) is 15.2. The van der Waals surface area contributed by atoms with E-state index >= 15 is 0 Å². The van der Waals surface area contributed by atoms with Crippen molar-refractivity contribution in [2.45, 2.75) is 18.9 Å². The lowest BCUT2D eigenvalue weighted by Crippen LogP contribution is -2.13. The molecule has 8 heteroatoms. The number of ether oxygens (including phenoxy) is 1. The fourth-order valence-corrected chi connectivity index (χ4v) is 3.23. The monoisotopic (exact) mass is 399 g/mol. The summed E-state index contributed by atoms with van der Waals surface area (Å²) in [7, 11) is 0. The molecule has 0 aliphatic carbocycles. The summed E-state index contributed by atoms with van der Waals surface area (Å²) in [5.74, 6) is 1.34. The van der Waals surface area contributed by atoms with E-state index in [4.69, 9.17) is 21.5 Å². The molecule has 0 fully saturated rings. The van der Waals surface area contributed by atoms with Gasteiger partial charge in [-0.25, -0.2) is 15.0 Å². The molecule has 0 amide bonds. The summed E-state index contributed by atoms with van der Waals surface area (Å²) in [6.45, 7) is 0.546. The van der Waals surface area contributed by atoms with Gasteiger partial charge in [-0.3, -0.25) is 4.90 Å². The minimum absolute atomic E-state index is 0.114. The number of benzene rings is 1. The molecule has 30 heavy (non-hydrogen) atoms. The lowest BCUT2D eigenvalue weighted by molar-refractivity contribution is 0.308. The van der Waals surface area contributed by atoms with E-state index < -0.39 is 0 Å². The standard InChI is InChI=1S/C22H21N7O/c23-11-16-4-9-20(26-12-16)29(21-10-5-17(24)13-27-21)19-7-2-15(3-8-19)1-6-18-14-30-22(25)28-18/h2-5,7-10,12-13,18H,1,6,14,24H2,(H2,25,28)/t18-/m0/s1. The number of aromatic nitrogens is 2. The third kappa shape index (κ3) is 4.31. The zero-order valence-electron chi connectivity index (χ0n) is 16.3. The van der Waals surface area contributed by atoms with Crippen molar-refractivity contribution in [3.63, 3.8) is 0 Å². The van der Waals surface area contributed by atoms with Crippen molar-refractivity contribution in [1.29, 1.82) is 5.26 Å². The van der Waals surface area contributed by atoms with Crippen LogP contribution in [0.15, 0.2) is 65.9 Å². The zero-order valence-corrected chi connectivity index (χ0v) is 16.3. The third-order valence-corrected chi connectivity index (χ3v) is 4.80. The van der Waals surface area contributed by atoms with Crippen LogP contribution in [0.5, 0.6) is 0 Å². The highest BCUT2D eigenvalue weighted by Crippen LogP contribution is 2.32. The average Bonchev–Trinajstić information content (AvgIpc) is 3.20. The molecule has 3 heterocycles. The number of hydrogen-bond acceptors (Lipinski definition) is 8. The Bertz CT molecular complexity index is 1070. The number of nitriles is 1. The van der Waals surface area contributed by atoms with Crippen LogP contribution in [0, 0.1) is 11.3 Å². The second kappa shape index (κ2) is 8.49. The molecule has 1 aromatic carbocycles. The summed E-state index contributed by atoms with van der Waals surface area (Å²) in [5, 5.41) is 9.05. The van der Waals surface area contributed by atoms with Crippen LogP contribution in [0.4, 0.5) is 23.0 Å². The first-order valence-electron chi connectivity index (χ1n) is 9.55. The number of aryl methyl sites for hydroxylation is 1. The molecule has 150 valence electrons.